The first-order valence-electron chi connectivity index (χ1n) is 10.8. The van der Waals surface area contributed by atoms with Crippen molar-refractivity contribution in [1.29, 1.82) is 0 Å². The third-order valence-electron chi connectivity index (χ3n) is 5.19. The van der Waals surface area contributed by atoms with Crippen molar-refractivity contribution in [3.05, 3.63) is 83.4 Å². The van der Waals surface area contributed by atoms with Crippen molar-refractivity contribution in [2.75, 3.05) is 33.9 Å². The van der Waals surface area contributed by atoms with Crippen LogP contribution < -0.4 is 20.1 Å². The van der Waals surface area contributed by atoms with Crippen LogP contribution in [-0.4, -0.2) is 39.0 Å². The first-order chi connectivity index (χ1) is 15.7. The van der Waals surface area contributed by atoms with Gasteiger partial charge in [-0.25, -0.2) is 0 Å². The zero-order valence-electron chi connectivity index (χ0n) is 18.8. The van der Waals surface area contributed by atoms with Gasteiger partial charge < -0.3 is 25.2 Å². The molecule has 0 atom stereocenters. The number of rotatable bonds is 13. The zero-order valence-corrected chi connectivity index (χ0v) is 19.6. The molecule has 0 aliphatic heterocycles. The van der Waals surface area contributed by atoms with Gasteiger partial charge in [0.1, 0.15) is 11.5 Å². The fourth-order valence-electron chi connectivity index (χ4n) is 3.43. The van der Waals surface area contributed by atoms with Crippen LogP contribution in [0.2, 0.25) is 0 Å². The molecule has 0 saturated carbocycles. The molecule has 5 nitrogen and oxygen atoms in total. The number of nitrogens with one attached hydrogen (secondary N) is 2. The van der Waals surface area contributed by atoms with Gasteiger partial charge in [-0.3, -0.25) is 0 Å². The van der Waals surface area contributed by atoms with Gasteiger partial charge in [0.15, 0.2) is 0 Å². The van der Waals surface area contributed by atoms with Crippen molar-refractivity contribution in [2.45, 2.75) is 29.4 Å². The van der Waals surface area contributed by atoms with E-state index in [-0.39, 0.29) is 6.61 Å². The molecule has 3 N–H and O–H groups in total. The molecule has 3 rings (SSSR count). The Morgan fingerprint density at radius 2 is 1.44 bits per heavy atom. The highest BCUT2D eigenvalue weighted by Gasteiger charge is 2.07. The van der Waals surface area contributed by atoms with Gasteiger partial charge in [-0.05, 0) is 60.0 Å². The van der Waals surface area contributed by atoms with Gasteiger partial charge in [0.25, 0.3) is 0 Å². The fraction of sp³-hybridized carbons (Fsp3) is 0.308. The Kier molecular flexibility index (Phi) is 9.91. The molecule has 0 aromatic heterocycles. The monoisotopic (exact) mass is 452 g/mol. The summed E-state index contributed by atoms with van der Waals surface area (Å²) < 4.78 is 10.8. The Bertz CT molecular complexity index is 981. The lowest BCUT2D eigenvalue weighted by atomic mass is 10.1. The summed E-state index contributed by atoms with van der Waals surface area (Å²) in [5.74, 6) is 1.74. The molecular formula is C26H32N2O3S. The van der Waals surface area contributed by atoms with E-state index in [2.05, 4.69) is 41.0 Å². The van der Waals surface area contributed by atoms with Crippen molar-refractivity contribution in [3.8, 4) is 11.5 Å². The molecule has 0 amide bonds. The molecule has 0 saturated heterocycles. The first-order valence-corrected chi connectivity index (χ1v) is 11.6. The van der Waals surface area contributed by atoms with Crippen LogP contribution in [-0.2, 0) is 19.6 Å². The molecule has 3 aromatic rings. The van der Waals surface area contributed by atoms with Crippen LogP contribution in [0.1, 0.15) is 16.7 Å². The summed E-state index contributed by atoms with van der Waals surface area (Å²) in [6, 6.07) is 22.3. The summed E-state index contributed by atoms with van der Waals surface area (Å²) in [7, 11) is 3.37. The maximum Gasteiger partial charge on any atom is 0.122 e. The van der Waals surface area contributed by atoms with Crippen LogP contribution in [0.25, 0.3) is 0 Å². The number of hydrogen-bond donors (Lipinski definition) is 3. The van der Waals surface area contributed by atoms with Gasteiger partial charge in [0.2, 0.25) is 0 Å². The predicted octanol–water partition coefficient (Wildman–Crippen LogP) is 4.27. The quantitative estimate of drug-likeness (QED) is 0.337. The molecule has 32 heavy (non-hydrogen) atoms. The highest BCUT2D eigenvalue weighted by Crippen LogP contribution is 2.32. The van der Waals surface area contributed by atoms with Crippen LogP contribution in [0.4, 0.5) is 0 Å². The van der Waals surface area contributed by atoms with E-state index in [0.29, 0.717) is 0 Å². The van der Waals surface area contributed by atoms with Gasteiger partial charge in [-0.15, -0.1) is 0 Å². The third kappa shape index (κ3) is 7.00. The predicted molar refractivity (Wildman–Crippen MR) is 131 cm³/mol. The standard InChI is InChI=1S/C26H32N2O3S/c1-30-23-11-12-24(31-2)20(17-23)13-14-27-15-16-28-18-21-7-3-5-9-25(21)32-26-10-6-4-8-22(26)19-29/h3-12,17,27-29H,13-16,18-19H2,1-2H3. The highest BCUT2D eigenvalue weighted by atomic mass is 32.2. The lowest BCUT2D eigenvalue weighted by molar-refractivity contribution is 0.279. The summed E-state index contributed by atoms with van der Waals surface area (Å²) in [6.45, 7) is 3.48. The molecule has 6 heteroatoms. The Morgan fingerprint density at radius 1 is 0.750 bits per heavy atom. The average molecular weight is 453 g/mol. The van der Waals surface area contributed by atoms with E-state index < -0.39 is 0 Å². The second-order valence-electron chi connectivity index (χ2n) is 7.33. The molecule has 0 aliphatic carbocycles. The SMILES string of the molecule is COc1ccc(OC)c(CCNCCNCc2ccccc2Sc2ccccc2CO)c1. The van der Waals surface area contributed by atoms with Crippen molar-refractivity contribution >= 4 is 11.8 Å². The molecule has 0 fully saturated rings. The van der Waals surface area contributed by atoms with Crippen molar-refractivity contribution in [3.63, 3.8) is 0 Å². The van der Waals surface area contributed by atoms with E-state index in [4.69, 9.17) is 9.47 Å². The average Bonchev–Trinajstić information content (AvgIpc) is 2.84. The topological polar surface area (TPSA) is 62.8 Å². The summed E-state index contributed by atoms with van der Waals surface area (Å²) in [6.07, 6.45) is 0.879. The summed E-state index contributed by atoms with van der Waals surface area (Å²) in [4.78, 5) is 2.30. The fourth-order valence-corrected chi connectivity index (χ4v) is 4.49. The lowest BCUT2D eigenvalue weighted by Gasteiger charge is -2.13. The van der Waals surface area contributed by atoms with Crippen LogP contribution in [0.5, 0.6) is 11.5 Å². The number of ether oxygens (including phenoxy) is 2. The molecule has 0 spiro atoms. The Labute approximate surface area is 195 Å². The van der Waals surface area contributed by atoms with Crippen molar-refractivity contribution in [1.82, 2.24) is 10.6 Å². The minimum absolute atomic E-state index is 0.0525. The first kappa shape index (κ1) is 24.1. The maximum absolute atomic E-state index is 9.59. The lowest BCUT2D eigenvalue weighted by Crippen LogP contribution is -2.28. The van der Waals surface area contributed by atoms with Crippen molar-refractivity contribution in [2.24, 2.45) is 0 Å². The highest BCUT2D eigenvalue weighted by molar-refractivity contribution is 7.99. The summed E-state index contributed by atoms with van der Waals surface area (Å²) >= 11 is 1.70. The van der Waals surface area contributed by atoms with Gasteiger partial charge >= 0.3 is 0 Å². The molecule has 0 bridgehead atoms. The number of aliphatic hydroxyl groups excluding tert-OH is 1. The number of benzene rings is 3. The van der Waals surface area contributed by atoms with Crippen LogP contribution in [0.3, 0.4) is 0 Å². The minimum Gasteiger partial charge on any atom is -0.497 e. The second-order valence-corrected chi connectivity index (χ2v) is 8.41. The van der Waals surface area contributed by atoms with E-state index in [1.54, 1.807) is 26.0 Å². The molecule has 0 aliphatic rings. The van der Waals surface area contributed by atoms with Gasteiger partial charge in [-0.1, -0.05) is 48.2 Å². The van der Waals surface area contributed by atoms with Crippen LogP contribution >= 0.6 is 11.8 Å². The van der Waals surface area contributed by atoms with E-state index >= 15 is 0 Å². The Balaban J connectivity index is 1.43. The molecule has 170 valence electrons. The Hall–Kier alpha value is -2.51. The van der Waals surface area contributed by atoms with Gasteiger partial charge in [0, 0.05) is 29.4 Å². The number of aliphatic hydroxyl groups is 1. The minimum atomic E-state index is 0.0525. The summed E-state index contributed by atoms with van der Waals surface area (Å²) in [5, 5.41) is 16.6. The molecular weight excluding hydrogens is 420 g/mol. The molecule has 3 aromatic carbocycles. The largest absolute Gasteiger partial charge is 0.497 e. The van der Waals surface area contributed by atoms with E-state index in [1.165, 1.54) is 10.5 Å². The Morgan fingerprint density at radius 3 is 2.16 bits per heavy atom. The summed E-state index contributed by atoms with van der Waals surface area (Å²) in [5.41, 5.74) is 3.35. The van der Waals surface area contributed by atoms with Crippen molar-refractivity contribution < 1.29 is 14.6 Å². The zero-order chi connectivity index (χ0) is 22.6. The van der Waals surface area contributed by atoms with E-state index in [1.807, 2.05) is 36.4 Å². The van der Waals surface area contributed by atoms with Crippen LogP contribution in [0, 0.1) is 0 Å². The molecule has 0 radical (unpaired) electrons. The van der Waals surface area contributed by atoms with Crippen LogP contribution in [0.15, 0.2) is 76.5 Å². The van der Waals surface area contributed by atoms with Gasteiger partial charge in [0.05, 0.1) is 20.8 Å². The molecule has 0 unspecified atom stereocenters. The third-order valence-corrected chi connectivity index (χ3v) is 6.42. The number of methoxy groups -OCH3 is 2. The second kappa shape index (κ2) is 13.1. The normalized spacial score (nSPS) is 10.8. The van der Waals surface area contributed by atoms with E-state index in [0.717, 1.165) is 60.1 Å². The number of hydrogen-bond acceptors (Lipinski definition) is 6. The van der Waals surface area contributed by atoms with E-state index in [9.17, 15) is 5.11 Å². The maximum atomic E-state index is 9.59. The van der Waals surface area contributed by atoms with Gasteiger partial charge in [-0.2, -0.15) is 0 Å². The molecule has 0 heterocycles. The smallest absolute Gasteiger partial charge is 0.122 e.